The van der Waals surface area contributed by atoms with Crippen molar-refractivity contribution in [2.75, 3.05) is 10.2 Å². The average Bonchev–Trinajstić information content (AvgIpc) is 2.99. The third kappa shape index (κ3) is 4.05. The van der Waals surface area contributed by atoms with Crippen LogP contribution in [0, 0.1) is 11.8 Å². The predicted molar refractivity (Wildman–Crippen MR) is 113 cm³/mol. The van der Waals surface area contributed by atoms with Crippen LogP contribution in [0.3, 0.4) is 0 Å². The van der Waals surface area contributed by atoms with E-state index in [4.69, 9.17) is 4.18 Å². The summed E-state index contributed by atoms with van der Waals surface area (Å²) < 4.78 is 31.0. The highest BCUT2D eigenvalue weighted by Crippen LogP contribution is 2.42. The smallest absolute Gasteiger partial charge is 0.339 e. The van der Waals surface area contributed by atoms with Crippen molar-refractivity contribution >= 4 is 39.2 Å². The number of rotatable bonds is 5. The van der Waals surface area contributed by atoms with Crippen molar-refractivity contribution in [3.8, 4) is 5.75 Å². The molecular formula is C22H22N2O6S. The second-order valence-corrected chi connectivity index (χ2v) is 9.27. The zero-order valence-electron chi connectivity index (χ0n) is 16.9. The molecule has 2 aromatic carbocycles. The summed E-state index contributed by atoms with van der Waals surface area (Å²) in [5.74, 6) is -1.68. The van der Waals surface area contributed by atoms with Crippen LogP contribution in [-0.2, 0) is 24.5 Å². The maximum absolute atomic E-state index is 12.9. The first kappa shape index (κ1) is 21.0. The molecule has 8 nitrogen and oxygen atoms in total. The van der Waals surface area contributed by atoms with Gasteiger partial charge in [0.25, 0.3) is 0 Å². The van der Waals surface area contributed by atoms with Gasteiger partial charge >= 0.3 is 10.1 Å². The van der Waals surface area contributed by atoms with Crippen molar-refractivity contribution in [2.24, 2.45) is 11.8 Å². The lowest BCUT2D eigenvalue weighted by Crippen LogP contribution is -2.31. The number of carbonyl (C=O) groups excluding carboxylic acids is 3. The van der Waals surface area contributed by atoms with Gasteiger partial charge in [0.15, 0.2) is 5.75 Å². The van der Waals surface area contributed by atoms with E-state index in [-0.39, 0.29) is 45.9 Å². The fourth-order valence-electron chi connectivity index (χ4n) is 4.19. The third-order valence-corrected chi connectivity index (χ3v) is 6.86. The molecule has 0 radical (unpaired) electrons. The Kier molecular flexibility index (Phi) is 5.53. The summed E-state index contributed by atoms with van der Waals surface area (Å²) in [4.78, 5) is 37.9. The zero-order valence-corrected chi connectivity index (χ0v) is 17.7. The summed E-state index contributed by atoms with van der Waals surface area (Å²) in [7, 11) is -4.23. The number of hydrogen-bond donors (Lipinski definition) is 1. The van der Waals surface area contributed by atoms with Crippen LogP contribution in [-0.4, -0.2) is 26.1 Å². The van der Waals surface area contributed by atoms with Crippen molar-refractivity contribution in [3.05, 3.63) is 48.5 Å². The number of imide groups is 1. The normalized spacial score (nSPS) is 21.0. The summed E-state index contributed by atoms with van der Waals surface area (Å²) in [6.45, 7) is 1.35. The summed E-state index contributed by atoms with van der Waals surface area (Å²) in [5.41, 5.74) is 0.577. The van der Waals surface area contributed by atoms with Crippen molar-refractivity contribution in [1.82, 2.24) is 0 Å². The van der Waals surface area contributed by atoms with Crippen LogP contribution in [0.25, 0.3) is 0 Å². The van der Waals surface area contributed by atoms with E-state index in [0.29, 0.717) is 18.5 Å². The maximum atomic E-state index is 12.9. The Bertz CT molecular complexity index is 1120. The quantitative estimate of drug-likeness (QED) is 0.563. The molecule has 9 heteroatoms. The highest BCUT2D eigenvalue weighted by molar-refractivity contribution is 7.87. The van der Waals surface area contributed by atoms with Crippen molar-refractivity contribution in [3.63, 3.8) is 0 Å². The van der Waals surface area contributed by atoms with Crippen molar-refractivity contribution in [2.45, 2.75) is 37.5 Å². The van der Waals surface area contributed by atoms with Crippen molar-refractivity contribution in [1.29, 1.82) is 0 Å². The Labute approximate surface area is 180 Å². The predicted octanol–water partition coefficient (Wildman–Crippen LogP) is 3.09. The minimum Gasteiger partial charge on any atom is -0.377 e. The van der Waals surface area contributed by atoms with Gasteiger partial charge in [-0.05, 0) is 49.2 Å². The maximum Gasteiger partial charge on any atom is 0.339 e. The third-order valence-electron chi connectivity index (χ3n) is 5.61. The molecule has 162 valence electrons. The van der Waals surface area contributed by atoms with Gasteiger partial charge in [0.2, 0.25) is 17.7 Å². The molecule has 0 aromatic heterocycles. The van der Waals surface area contributed by atoms with Gasteiger partial charge < -0.3 is 9.50 Å². The number of nitrogens with one attached hydrogen (secondary N) is 1. The molecule has 2 atom stereocenters. The molecule has 0 bridgehead atoms. The molecule has 1 saturated heterocycles. The second kappa shape index (κ2) is 8.14. The Morgan fingerprint density at radius 3 is 2.13 bits per heavy atom. The zero-order chi connectivity index (χ0) is 22.2. The van der Waals surface area contributed by atoms with E-state index in [2.05, 4.69) is 5.32 Å². The lowest BCUT2D eigenvalue weighted by atomic mass is 9.81. The van der Waals surface area contributed by atoms with Gasteiger partial charge in [-0.3, -0.25) is 14.4 Å². The van der Waals surface area contributed by atoms with E-state index in [9.17, 15) is 22.8 Å². The highest BCUT2D eigenvalue weighted by atomic mass is 32.2. The molecule has 1 N–H and O–H groups in total. The fraction of sp³-hybridized carbons (Fsp3) is 0.318. The molecule has 4 rings (SSSR count). The minimum absolute atomic E-state index is 0.0891. The lowest BCUT2D eigenvalue weighted by molar-refractivity contribution is -0.122. The monoisotopic (exact) mass is 442 g/mol. The molecular weight excluding hydrogens is 420 g/mol. The van der Waals surface area contributed by atoms with E-state index < -0.39 is 10.1 Å². The van der Waals surface area contributed by atoms with Crippen molar-refractivity contribution < 1.29 is 27.0 Å². The molecule has 31 heavy (non-hydrogen) atoms. The molecule has 3 amide bonds. The fourth-order valence-corrected chi connectivity index (χ4v) is 5.13. The Morgan fingerprint density at radius 2 is 1.55 bits per heavy atom. The standard InChI is InChI=1S/C22H22N2O6S/c1-14(25)23-15-10-12-16(13-11-15)31(28,29)30-20-9-5-4-8-19(20)24-21(26)17-6-2-3-7-18(17)22(24)27/h4-5,8-13,17-18H,2-3,6-7H2,1H3,(H,23,25)/t17-,18+. The highest BCUT2D eigenvalue weighted by Gasteiger charge is 2.49. The second-order valence-electron chi connectivity index (χ2n) is 7.72. The number of carbonyl (C=O) groups is 3. The van der Waals surface area contributed by atoms with E-state index in [0.717, 1.165) is 17.7 Å². The molecule has 1 heterocycles. The first-order valence-corrected chi connectivity index (χ1v) is 11.5. The van der Waals surface area contributed by atoms with Gasteiger partial charge in [-0.1, -0.05) is 25.0 Å². The average molecular weight is 442 g/mol. The molecule has 1 aliphatic carbocycles. The summed E-state index contributed by atoms with van der Waals surface area (Å²) in [5, 5.41) is 2.56. The minimum atomic E-state index is -4.23. The van der Waals surface area contributed by atoms with Gasteiger partial charge in [-0.15, -0.1) is 0 Å². The summed E-state index contributed by atoms with van der Waals surface area (Å²) in [6.07, 6.45) is 3.12. The van der Waals surface area contributed by atoms with E-state index in [1.54, 1.807) is 12.1 Å². The largest absolute Gasteiger partial charge is 0.377 e. The number of amides is 3. The molecule has 2 aromatic rings. The van der Waals surface area contributed by atoms with Gasteiger partial charge in [0, 0.05) is 12.6 Å². The number of anilines is 2. The topological polar surface area (TPSA) is 110 Å². The Balaban J connectivity index is 1.62. The van der Waals surface area contributed by atoms with Gasteiger partial charge in [-0.2, -0.15) is 8.42 Å². The lowest BCUT2D eigenvalue weighted by Gasteiger charge is -2.19. The van der Waals surface area contributed by atoms with Gasteiger partial charge in [-0.25, -0.2) is 4.90 Å². The SMILES string of the molecule is CC(=O)Nc1ccc(S(=O)(=O)Oc2ccccc2N2C(=O)[C@H]3CCCC[C@H]3C2=O)cc1. The molecule has 0 spiro atoms. The molecule has 1 saturated carbocycles. The van der Waals surface area contributed by atoms with E-state index in [1.807, 2.05) is 0 Å². The van der Waals surface area contributed by atoms with Crippen LogP contribution < -0.4 is 14.4 Å². The van der Waals surface area contributed by atoms with Crippen LogP contribution in [0.4, 0.5) is 11.4 Å². The first-order chi connectivity index (χ1) is 14.8. The van der Waals surface area contributed by atoms with E-state index >= 15 is 0 Å². The molecule has 1 aliphatic heterocycles. The Morgan fingerprint density at radius 1 is 0.968 bits per heavy atom. The van der Waals surface area contributed by atoms with E-state index in [1.165, 1.54) is 43.3 Å². The number of para-hydroxylation sites is 2. The van der Waals surface area contributed by atoms with Crippen LogP contribution in [0.5, 0.6) is 5.75 Å². The number of hydrogen-bond acceptors (Lipinski definition) is 6. The number of nitrogens with zero attached hydrogens (tertiary/aromatic N) is 1. The number of benzene rings is 2. The van der Waals surface area contributed by atoms with Gasteiger partial charge in [0.05, 0.1) is 17.5 Å². The van der Waals surface area contributed by atoms with Crippen LogP contribution in [0.1, 0.15) is 32.6 Å². The molecule has 2 fully saturated rings. The summed E-state index contributed by atoms with van der Waals surface area (Å²) >= 11 is 0. The van der Waals surface area contributed by atoms with Crippen LogP contribution in [0.15, 0.2) is 53.4 Å². The number of fused-ring (bicyclic) bond motifs is 1. The van der Waals surface area contributed by atoms with Crippen LogP contribution >= 0.6 is 0 Å². The molecule has 0 unspecified atom stereocenters. The Hall–Kier alpha value is -3.20. The first-order valence-electron chi connectivity index (χ1n) is 10.1. The van der Waals surface area contributed by atoms with Gasteiger partial charge in [0.1, 0.15) is 4.90 Å². The van der Waals surface area contributed by atoms with Crippen LogP contribution in [0.2, 0.25) is 0 Å². The summed E-state index contributed by atoms with van der Waals surface area (Å²) in [6, 6.07) is 11.6. The molecule has 2 aliphatic rings.